The van der Waals surface area contributed by atoms with E-state index in [1.165, 1.54) is 6.08 Å². The monoisotopic (exact) mass is 185 g/mol. The Balaban J connectivity index is 4.20. The number of hydrogen-bond donors (Lipinski definition) is 0. The van der Waals surface area contributed by atoms with Crippen LogP contribution in [0.25, 0.3) is 0 Å². The van der Waals surface area contributed by atoms with Crippen LogP contribution in [0.1, 0.15) is 27.7 Å². The summed E-state index contributed by atoms with van der Waals surface area (Å²) in [6.07, 6.45) is 1.54. The van der Waals surface area contributed by atoms with E-state index < -0.39 is 0 Å². The summed E-state index contributed by atoms with van der Waals surface area (Å²) in [5.41, 5.74) is 0.962. The fourth-order valence-electron chi connectivity index (χ4n) is 1.17. The molecule has 0 N–H and O–H groups in total. The quantitative estimate of drug-likeness (QED) is 0.483. The molecule has 0 aliphatic heterocycles. The van der Waals surface area contributed by atoms with Gasteiger partial charge >= 0.3 is 5.97 Å². The second-order valence-corrected chi connectivity index (χ2v) is 2.71. The van der Waals surface area contributed by atoms with Crippen LogP contribution >= 0.6 is 0 Å². The molecule has 0 aliphatic rings. The van der Waals surface area contributed by atoms with Crippen molar-refractivity contribution in [3.8, 4) is 0 Å². The Morgan fingerprint density at radius 3 is 2.23 bits per heavy atom. The molecule has 0 atom stereocenters. The maximum Gasteiger partial charge on any atom is 0.332 e. The molecule has 0 heterocycles. The summed E-state index contributed by atoms with van der Waals surface area (Å²) in [7, 11) is 0. The molecule has 0 aromatic heterocycles. The number of hydrogen-bond acceptors (Lipinski definition) is 3. The summed E-state index contributed by atoms with van der Waals surface area (Å²) in [6.45, 7) is 10.1. The van der Waals surface area contributed by atoms with Crippen molar-refractivity contribution in [3.05, 3.63) is 11.8 Å². The van der Waals surface area contributed by atoms with Gasteiger partial charge in [0, 0.05) is 24.9 Å². The van der Waals surface area contributed by atoms with Crippen molar-refractivity contribution < 1.29 is 9.53 Å². The van der Waals surface area contributed by atoms with Gasteiger partial charge in [-0.15, -0.1) is 0 Å². The van der Waals surface area contributed by atoms with Gasteiger partial charge in [0.2, 0.25) is 0 Å². The molecule has 0 saturated carbocycles. The molecule has 0 spiro atoms. The summed E-state index contributed by atoms with van der Waals surface area (Å²) in [6, 6.07) is 0. The third-order valence-corrected chi connectivity index (χ3v) is 1.88. The van der Waals surface area contributed by atoms with Crippen molar-refractivity contribution in [2.24, 2.45) is 0 Å². The Morgan fingerprint density at radius 1 is 1.31 bits per heavy atom. The van der Waals surface area contributed by atoms with Crippen LogP contribution in [0.2, 0.25) is 0 Å². The molecule has 3 nitrogen and oxygen atoms in total. The Labute approximate surface area is 80.4 Å². The zero-order valence-electron chi connectivity index (χ0n) is 8.96. The topological polar surface area (TPSA) is 29.5 Å². The van der Waals surface area contributed by atoms with E-state index in [9.17, 15) is 4.79 Å². The van der Waals surface area contributed by atoms with E-state index in [-0.39, 0.29) is 5.97 Å². The standard InChI is InChI=1S/C10H19NO2/c1-5-11(6-2)9(4)8-10(12)13-7-3/h8H,5-7H2,1-4H3/b9-8-. The van der Waals surface area contributed by atoms with E-state index in [0.717, 1.165) is 18.8 Å². The number of carbonyl (C=O) groups excluding carboxylic acids is 1. The number of nitrogens with zero attached hydrogens (tertiary/aromatic N) is 1. The molecule has 0 saturated heterocycles. The van der Waals surface area contributed by atoms with Gasteiger partial charge in [0.15, 0.2) is 0 Å². The lowest BCUT2D eigenvalue weighted by Gasteiger charge is -2.20. The van der Waals surface area contributed by atoms with Crippen molar-refractivity contribution in [3.63, 3.8) is 0 Å². The Hall–Kier alpha value is -0.990. The smallest absolute Gasteiger partial charge is 0.332 e. The van der Waals surface area contributed by atoms with Gasteiger partial charge in [-0.1, -0.05) is 0 Å². The third-order valence-electron chi connectivity index (χ3n) is 1.88. The maximum atomic E-state index is 11.1. The predicted molar refractivity (Wildman–Crippen MR) is 53.3 cm³/mol. The second-order valence-electron chi connectivity index (χ2n) is 2.71. The third kappa shape index (κ3) is 4.55. The molecule has 0 aliphatic carbocycles. The van der Waals surface area contributed by atoms with Gasteiger partial charge in [0.1, 0.15) is 0 Å². The molecule has 0 fully saturated rings. The van der Waals surface area contributed by atoms with Gasteiger partial charge in [-0.3, -0.25) is 0 Å². The first-order valence-corrected chi connectivity index (χ1v) is 4.75. The Kier molecular flexibility index (Phi) is 6.02. The fraction of sp³-hybridized carbons (Fsp3) is 0.700. The molecule has 76 valence electrons. The maximum absolute atomic E-state index is 11.1. The average molecular weight is 185 g/mol. The Morgan fingerprint density at radius 2 is 1.85 bits per heavy atom. The predicted octanol–water partition coefficient (Wildman–Crippen LogP) is 1.80. The molecule has 0 aromatic rings. The average Bonchev–Trinajstić information content (AvgIpc) is 2.06. The van der Waals surface area contributed by atoms with Gasteiger partial charge < -0.3 is 9.64 Å². The minimum atomic E-state index is -0.257. The van der Waals surface area contributed by atoms with E-state index in [4.69, 9.17) is 4.74 Å². The first kappa shape index (κ1) is 12.0. The van der Waals surface area contributed by atoms with E-state index >= 15 is 0 Å². The molecular weight excluding hydrogens is 166 g/mol. The summed E-state index contributed by atoms with van der Waals surface area (Å²) < 4.78 is 4.81. The van der Waals surface area contributed by atoms with Gasteiger partial charge in [0.05, 0.1) is 6.61 Å². The molecule has 0 unspecified atom stereocenters. The number of allylic oxidation sites excluding steroid dienone is 1. The lowest BCUT2D eigenvalue weighted by molar-refractivity contribution is -0.137. The largest absolute Gasteiger partial charge is 0.463 e. The molecule has 0 aromatic carbocycles. The summed E-state index contributed by atoms with van der Waals surface area (Å²) in [4.78, 5) is 13.2. The van der Waals surface area contributed by atoms with E-state index in [1.54, 1.807) is 6.92 Å². The molecular formula is C10H19NO2. The van der Waals surface area contributed by atoms with Crippen LogP contribution in [-0.4, -0.2) is 30.6 Å². The van der Waals surface area contributed by atoms with Crippen molar-refractivity contribution in [2.45, 2.75) is 27.7 Å². The van der Waals surface area contributed by atoms with Crippen LogP contribution < -0.4 is 0 Å². The van der Waals surface area contributed by atoms with Gasteiger partial charge in [-0.05, 0) is 27.7 Å². The van der Waals surface area contributed by atoms with E-state index in [0.29, 0.717) is 6.61 Å². The number of rotatable bonds is 5. The zero-order valence-corrected chi connectivity index (χ0v) is 8.96. The first-order chi connectivity index (χ1) is 6.15. The highest BCUT2D eigenvalue weighted by Gasteiger charge is 2.02. The SMILES string of the molecule is CCOC(=O)/C=C(/C)N(CC)CC. The minimum Gasteiger partial charge on any atom is -0.463 e. The number of esters is 1. The van der Waals surface area contributed by atoms with Crippen molar-refractivity contribution in [2.75, 3.05) is 19.7 Å². The molecule has 0 rings (SSSR count). The minimum absolute atomic E-state index is 0.257. The van der Waals surface area contributed by atoms with Gasteiger partial charge in [-0.2, -0.15) is 0 Å². The van der Waals surface area contributed by atoms with Gasteiger partial charge in [-0.25, -0.2) is 4.79 Å². The zero-order chi connectivity index (χ0) is 10.3. The van der Waals surface area contributed by atoms with Crippen LogP contribution in [0.5, 0.6) is 0 Å². The van der Waals surface area contributed by atoms with Gasteiger partial charge in [0.25, 0.3) is 0 Å². The lowest BCUT2D eigenvalue weighted by Crippen LogP contribution is -2.21. The van der Waals surface area contributed by atoms with Crippen LogP contribution in [0, 0.1) is 0 Å². The van der Waals surface area contributed by atoms with Crippen LogP contribution in [0.3, 0.4) is 0 Å². The number of ether oxygens (including phenoxy) is 1. The highest BCUT2D eigenvalue weighted by atomic mass is 16.5. The second kappa shape index (κ2) is 6.52. The van der Waals surface area contributed by atoms with Crippen molar-refractivity contribution >= 4 is 5.97 Å². The molecule has 0 bridgehead atoms. The molecule has 0 amide bonds. The van der Waals surface area contributed by atoms with Crippen LogP contribution in [-0.2, 0) is 9.53 Å². The van der Waals surface area contributed by atoms with E-state index in [1.807, 2.05) is 6.92 Å². The van der Waals surface area contributed by atoms with E-state index in [2.05, 4.69) is 18.7 Å². The first-order valence-electron chi connectivity index (χ1n) is 4.75. The number of carbonyl (C=O) groups is 1. The fourth-order valence-corrected chi connectivity index (χ4v) is 1.17. The highest BCUT2D eigenvalue weighted by molar-refractivity contribution is 5.82. The normalized spacial score (nSPS) is 11.2. The summed E-state index contributed by atoms with van der Waals surface area (Å²) >= 11 is 0. The van der Waals surface area contributed by atoms with Crippen LogP contribution in [0.15, 0.2) is 11.8 Å². The van der Waals surface area contributed by atoms with Crippen LogP contribution in [0.4, 0.5) is 0 Å². The Bertz CT molecular complexity index is 183. The lowest BCUT2D eigenvalue weighted by atomic mass is 10.3. The summed E-state index contributed by atoms with van der Waals surface area (Å²) in [5, 5.41) is 0. The molecule has 3 heteroatoms. The molecule has 0 radical (unpaired) electrons. The highest BCUT2D eigenvalue weighted by Crippen LogP contribution is 2.02. The van der Waals surface area contributed by atoms with Crippen molar-refractivity contribution in [1.82, 2.24) is 4.90 Å². The summed E-state index contributed by atoms with van der Waals surface area (Å²) in [5.74, 6) is -0.257. The van der Waals surface area contributed by atoms with Crippen molar-refractivity contribution in [1.29, 1.82) is 0 Å². The molecule has 13 heavy (non-hydrogen) atoms.